The van der Waals surface area contributed by atoms with Crippen molar-refractivity contribution in [1.29, 1.82) is 0 Å². The molecule has 1 aliphatic heterocycles. The van der Waals surface area contributed by atoms with Crippen LogP contribution in [0.4, 0.5) is 22.7 Å². The predicted octanol–water partition coefficient (Wildman–Crippen LogP) is 9.07. The van der Waals surface area contributed by atoms with Crippen molar-refractivity contribution >= 4 is 22.7 Å². The number of fused-ring (bicyclic) bond motifs is 2. The van der Waals surface area contributed by atoms with E-state index in [0.29, 0.717) is 25.0 Å². The third kappa shape index (κ3) is 6.26. The topological polar surface area (TPSA) is 34.2 Å². The van der Waals surface area contributed by atoms with Gasteiger partial charge in [-0.15, -0.1) is 0 Å². The molecule has 5 rings (SSSR count). The molecule has 0 radical (unpaired) electrons. The zero-order chi connectivity index (χ0) is 28.1. The van der Waals surface area contributed by atoms with Gasteiger partial charge in [0.25, 0.3) is 0 Å². The van der Waals surface area contributed by atoms with Gasteiger partial charge in [-0.05, 0) is 71.5 Å². The summed E-state index contributed by atoms with van der Waals surface area (Å²) in [6, 6.07) is 31.6. The lowest BCUT2D eigenvalue weighted by Crippen LogP contribution is -2.33. The monoisotopic (exact) mass is 536 g/mol. The van der Waals surface area contributed by atoms with Crippen LogP contribution in [0.1, 0.15) is 27.7 Å². The zero-order valence-corrected chi connectivity index (χ0v) is 24.3. The Labute approximate surface area is 238 Å². The van der Waals surface area contributed by atoms with Gasteiger partial charge in [0.1, 0.15) is 23.9 Å². The zero-order valence-electron chi connectivity index (χ0n) is 24.3. The Hall–Kier alpha value is -3.96. The lowest BCUT2D eigenvalue weighted by atomic mass is 9.99. The molecule has 208 valence electrons. The summed E-state index contributed by atoms with van der Waals surface area (Å²) in [6.07, 6.45) is 0. The molecule has 0 fully saturated rings. The highest BCUT2D eigenvalue weighted by atomic mass is 16.5. The van der Waals surface area contributed by atoms with Gasteiger partial charge in [-0.25, -0.2) is 0 Å². The van der Waals surface area contributed by atoms with Gasteiger partial charge in [0, 0.05) is 26.3 Å². The van der Waals surface area contributed by atoms with E-state index in [1.165, 1.54) is 28.3 Å². The van der Waals surface area contributed by atoms with Gasteiger partial charge >= 0.3 is 0 Å². The third-order valence-corrected chi connectivity index (χ3v) is 6.90. The number of methoxy groups -OCH3 is 1. The number of anilines is 4. The minimum Gasteiger partial charge on any atom is -0.491 e. The first kappa shape index (κ1) is 27.6. The smallest absolute Gasteiger partial charge is 0.127 e. The van der Waals surface area contributed by atoms with Crippen molar-refractivity contribution in [2.75, 3.05) is 43.2 Å². The Morgan fingerprint density at radius 3 is 1.73 bits per heavy atom. The first-order valence-corrected chi connectivity index (χ1v) is 14.2. The fourth-order valence-electron chi connectivity index (χ4n) is 5.15. The molecule has 5 nitrogen and oxygen atoms in total. The molecule has 0 amide bonds. The summed E-state index contributed by atoms with van der Waals surface area (Å²) in [4.78, 5) is 4.93. The maximum Gasteiger partial charge on any atom is 0.127 e. The average Bonchev–Trinajstić information content (AvgIpc) is 2.95. The fraction of sp³-hybridized carbons (Fsp3) is 0.314. The van der Waals surface area contributed by atoms with Crippen molar-refractivity contribution in [2.45, 2.75) is 27.7 Å². The summed E-state index contributed by atoms with van der Waals surface area (Å²) < 4.78 is 17.2. The van der Waals surface area contributed by atoms with Crippen LogP contribution in [0.5, 0.6) is 17.2 Å². The van der Waals surface area contributed by atoms with Gasteiger partial charge in [-0.1, -0.05) is 64.1 Å². The Morgan fingerprint density at radius 1 is 0.550 bits per heavy atom. The normalized spacial score (nSPS) is 12.5. The molecule has 0 bridgehead atoms. The van der Waals surface area contributed by atoms with Crippen molar-refractivity contribution in [1.82, 2.24) is 0 Å². The first-order valence-electron chi connectivity index (χ1n) is 14.2. The highest BCUT2D eigenvalue weighted by Crippen LogP contribution is 2.50. The third-order valence-electron chi connectivity index (χ3n) is 6.90. The van der Waals surface area contributed by atoms with Gasteiger partial charge in [0.15, 0.2) is 0 Å². The van der Waals surface area contributed by atoms with E-state index in [4.69, 9.17) is 14.2 Å². The van der Waals surface area contributed by atoms with Crippen LogP contribution in [0, 0.1) is 11.8 Å². The SMILES string of the molecule is COCCOc1ccc2c(c1)N(CC(C)C)c1ccc(-c3ccc(Oc4ccccc4)cc3)cc1N2CC(C)C. The van der Waals surface area contributed by atoms with E-state index in [-0.39, 0.29) is 0 Å². The number of hydrogen-bond acceptors (Lipinski definition) is 5. The standard InChI is InChI=1S/C35H40N2O3/c1-25(2)23-36-33-18-16-31(39-20-19-38-5)22-35(33)37(24-26(3)4)32-17-13-28(21-34(32)36)27-11-14-30(15-12-27)40-29-9-7-6-8-10-29/h6-18,21-22,25-26H,19-20,23-24H2,1-5H3. The van der Waals surface area contributed by atoms with Gasteiger partial charge in [0.05, 0.1) is 29.4 Å². The minimum absolute atomic E-state index is 0.493. The minimum atomic E-state index is 0.493. The highest BCUT2D eigenvalue weighted by molar-refractivity contribution is 5.95. The van der Waals surface area contributed by atoms with Crippen LogP contribution in [-0.4, -0.2) is 33.4 Å². The lowest BCUT2D eigenvalue weighted by Gasteiger charge is -2.42. The molecule has 0 aromatic heterocycles. The molecule has 0 saturated carbocycles. The van der Waals surface area contributed by atoms with E-state index in [9.17, 15) is 0 Å². The summed E-state index contributed by atoms with van der Waals surface area (Å²) in [5, 5.41) is 0. The van der Waals surface area contributed by atoms with Crippen LogP contribution in [-0.2, 0) is 4.74 Å². The molecular formula is C35H40N2O3. The van der Waals surface area contributed by atoms with E-state index in [2.05, 4.69) is 86.0 Å². The Morgan fingerprint density at radius 2 is 1.10 bits per heavy atom. The lowest BCUT2D eigenvalue weighted by molar-refractivity contribution is 0.146. The molecule has 1 heterocycles. The Bertz CT molecular complexity index is 1400. The maximum absolute atomic E-state index is 6.02. The second-order valence-electron chi connectivity index (χ2n) is 11.1. The summed E-state index contributed by atoms with van der Waals surface area (Å²) in [5.74, 6) is 3.52. The molecule has 1 aliphatic rings. The summed E-state index contributed by atoms with van der Waals surface area (Å²) in [5.41, 5.74) is 7.21. The molecule has 5 heteroatoms. The Balaban J connectivity index is 1.51. The molecule has 0 spiro atoms. The fourth-order valence-corrected chi connectivity index (χ4v) is 5.15. The van der Waals surface area contributed by atoms with Crippen LogP contribution >= 0.6 is 0 Å². The van der Waals surface area contributed by atoms with E-state index >= 15 is 0 Å². The molecule has 4 aromatic rings. The van der Waals surface area contributed by atoms with Crippen molar-refractivity contribution in [2.24, 2.45) is 11.8 Å². The van der Waals surface area contributed by atoms with E-state index in [0.717, 1.165) is 35.9 Å². The number of para-hydroxylation sites is 1. The molecule has 0 aliphatic carbocycles. The van der Waals surface area contributed by atoms with E-state index < -0.39 is 0 Å². The van der Waals surface area contributed by atoms with Gasteiger partial charge in [-0.2, -0.15) is 0 Å². The second-order valence-corrected chi connectivity index (χ2v) is 11.1. The van der Waals surface area contributed by atoms with Crippen LogP contribution in [0.2, 0.25) is 0 Å². The maximum atomic E-state index is 6.02. The number of ether oxygens (including phenoxy) is 3. The molecule has 4 aromatic carbocycles. The molecule has 0 saturated heterocycles. The Kier molecular flexibility index (Phi) is 8.61. The average molecular weight is 537 g/mol. The number of nitrogens with zero attached hydrogens (tertiary/aromatic N) is 2. The van der Waals surface area contributed by atoms with Crippen molar-refractivity contribution in [3.63, 3.8) is 0 Å². The highest BCUT2D eigenvalue weighted by Gasteiger charge is 2.30. The molecule has 0 atom stereocenters. The van der Waals surface area contributed by atoms with Crippen molar-refractivity contribution in [3.8, 4) is 28.4 Å². The molecule has 0 unspecified atom stereocenters. The molecule has 0 N–H and O–H groups in total. The second kappa shape index (κ2) is 12.5. The van der Waals surface area contributed by atoms with Gasteiger partial charge < -0.3 is 24.0 Å². The van der Waals surface area contributed by atoms with E-state index in [1.807, 2.05) is 42.5 Å². The summed E-state index contributed by atoms with van der Waals surface area (Å²) >= 11 is 0. The van der Waals surface area contributed by atoms with Gasteiger partial charge in [-0.3, -0.25) is 0 Å². The largest absolute Gasteiger partial charge is 0.491 e. The number of rotatable bonds is 11. The number of hydrogen-bond donors (Lipinski definition) is 0. The predicted molar refractivity (Wildman–Crippen MR) is 166 cm³/mol. The van der Waals surface area contributed by atoms with Crippen molar-refractivity contribution in [3.05, 3.63) is 91.0 Å². The first-order chi connectivity index (χ1) is 19.4. The quantitative estimate of drug-likeness (QED) is 0.179. The molecular weight excluding hydrogens is 496 g/mol. The summed E-state index contributed by atoms with van der Waals surface area (Å²) in [6.45, 7) is 12.0. The number of benzene rings is 4. The molecule has 40 heavy (non-hydrogen) atoms. The van der Waals surface area contributed by atoms with Crippen LogP contribution < -0.4 is 19.3 Å². The van der Waals surface area contributed by atoms with Gasteiger partial charge in [0.2, 0.25) is 0 Å². The van der Waals surface area contributed by atoms with E-state index in [1.54, 1.807) is 7.11 Å². The van der Waals surface area contributed by atoms with Crippen LogP contribution in [0.3, 0.4) is 0 Å². The van der Waals surface area contributed by atoms with Crippen LogP contribution in [0.25, 0.3) is 11.1 Å². The van der Waals surface area contributed by atoms with Crippen molar-refractivity contribution < 1.29 is 14.2 Å². The summed E-state index contributed by atoms with van der Waals surface area (Å²) in [7, 11) is 1.70. The van der Waals surface area contributed by atoms with Crippen LogP contribution in [0.15, 0.2) is 91.0 Å².